The summed E-state index contributed by atoms with van der Waals surface area (Å²) in [6.45, 7) is -0.650. The number of carbonyl (C=O) groups is 6. The molecule has 0 aromatic carbocycles. The number of ether oxygens (including phenoxy) is 12. The molecule has 0 bridgehead atoms. The van der Waals surface area contributed by atoms with Gasteiger partial charge in [0.25, 0.3) is 11.6 Å². The van der Waals surface area contributed by atoms with Crippen LogP contribution >= 0.6 is 0 Å². The van der Waals surface area contributed by atoms with Crippen molar-refractivity contribution in [3.8, 4) is 0 Å². The average molecular weight is 1810 g/mol. The molecule has 42 heteroatoms. The van der Waals surface area contributed by atoms with Gasteiger partial charge in [-0.2, -0.15) is 0 Å². The molecule has 6 aliphatic rings. The lowest BCUT2D eigenvalue weighted by molar-refractivity contribution is -0.408. The van der Waals surface area contributed by atoms with Gasteiger partial charge < -0.3 is 185 Å². The minimum atomic E-state index is -3.48. The summed E-state index contributed by atoms with van der Waals surface area (Å²) in [5.74, 6) is -16.1. The summed E-state index contributed by atoms with van der Waals surface area (Å²) in [5.41, 5.74) is 0. The second-order valence-electron chi connectivity index (χ2n) is 33.9. The molecule has 0 saturated carbocycles. The highest BCUT2D eigenvalue weighted by atomic mass is 16.8. The van der Waals surface area contributed by atoms with Gasteiger partial charge in [0, 0.05) is 45.4 Å². The molecule has 6 fully saturated rings. The lowest BCUT2D eigenvalue weighted by atomic mass is 9.86. The van der Waals surface area contributed by atoms with Gasteiger partial charge in [-0.1, -0.05) is 167 Å². The first-order valence-corrected chi connectivity index (χ1v) is 44.4. The molecule has 6 aliphatic heterocycles. The molecule has 0 aliphatic carbocycles. The molecule has 34 atom stereocenters. The largest absolute Gasteiger partial charge is 0.477 e. The molecule has 726 valence electrons. The monoisotopic (exact) mass is 1810 g/mol. The minimum absolute atomic E-state index is 0.0975. The highest BCUT2D eigenvalue weighted by molar-refractivity contribution is 5.78. The van der Waals surface area contributed by atoms with Crippen LogP contribution in [0.3, 0.4) is 0 Å². The van der Waals surface area contributed by atoms with Gasteiger partial charge in [0.2, 0.25) is 17.7 Å². The van der Waals surface area contributed by atoms with Crippen LogP contribution in [0.1, 0.15) is 221 Å². The number of aliphatic hydroxyl groups is 19. The van der Waals surface area contributed by atoms with E-state index in [0.717, 1.165) is 85.0 Å². The van der Waals surface area contributed by atoms with Gasteiger partial charge in [-0.3, -0.25) is 14.4 Å². The molecule has 6 rings (SSSR count). The van der Waals surface area contributed by atoms with Gasteiger partial charge in [0.05, 0.1) is 88.8 Å². The highest BCUT2D eigenvalue weighted by Crippen LogP contribution is 2.44. The summed E-state index contributed by atoms with van der Waals surface area (Å²) < 4.78 is 72.7. The maximum absolute atomic E-state index is 14.0. The molecule has 2 unspecified atom stereocenters. The van der Waals surface area contributed by atoms with E-state index < -0.39 is 308 Å². The SMILES string of the molecule is CCCCCCCCCCCCCC=C[C@@H](O)[C@H](CO[C@@H]1O[C@H](CO)[C@@H](O[C@@H]2O[C@H](CO)[C@H](O[C@@H]3O[C@H](CO)[C@H](O)[C@H](O[C@@H]4O[C@H](CO)[C@H](O)[C@H](O[C@]5(C(=O)O)C[C@H](O)[C@@H](NC(C)=O)C([C@H](O)[C@H](O)CO)O5)[C@H]4O)[C@H]3CC(C)=O)[C@H](O[C@]3(C(=O)O)C[C@H](O)[C@@H](NC(C)=O)C([C@H](O)[C@H](O)CO)O3)[C@H]2O)[C@H](O)[C@H]1O)NC(=O)CCCCCCCCCCCCCCC. The second-order valence-corrected chi connectivity index (χ2v) is 33.9. The fourth-order valence-electron chi connectivity index (χ4n) is 16.8. The molecule has 6 saturated heterocycles. The summed E-state index contributed by atoms with van der Waals surface area (Å²) in [5, 5.41) is 245. The number of amides is 3. The van der Waals surface area contributed by atoms with Crippen molar-refractivity contribution in [2.45, 2.75) is 422 Å². The summed E-state index contributed by atoms with van der Waals surface area (Å²) in [6, 6.07) is -4.77. The number of allylic oxidation sites excluding steroid dienone is 1. The number of carbonyl (C=O) groups excluding carboxylic acids is 4. The van der Waals surface area contributed by atoms with Crippen molar-refractivity contribution in [1.29, 1.82) is 0 Å². The van der Waals surface area contributed by atoms with Crippen LogP contribution in [-0.2, 0) is 85.6 Å². The number of unbranched alkanes of at least 4 members (excludes halogenated alkanes) is 23. The number of rotatable bonds is 58. The summed E-state index contributed by atoms with van der Waals surface area (Å²) in [6.07, 6.45) is -35.0. The molecule has 3 amide bonds. The van der Waals surface area contributed by atoms with Gasteiger partial charge in [0.15, 0.2) is 25.2 Å². The predicted molar refractivity (Wildman–Crippen MR) is 432 cm³/mol. The third-order valence-corrected chi connectivity index (χ3v) is 23.9. The molecule has 0 aromatic rings. The van der Waals surface area contributed by atoms with Crippen molar-refractivity contribution in [1.82, 2.24) is 16.0 Å². The van der Waals surface area contributed by atoms with Gasteiger partial charge in [-0.05, 0) is 26.2 Å². The maximum Gasteiger partial charge on any atom is 0.364 e. The molecular weight excluding hydrogens is 1660 g/mol. The van der Waals surface area contributed by atoms with E-state index in [4.69, 9.17) is 56.8 Å². The van der Waals surface area contributed by atoms with E-state index in [1.165, 1.54) is 89.5 Å². The van der Waals surface area contributed by atoms with E-state index in [2.05, 4.69) is 29.8 Å². The lowest BCUT2D eigenvalue weighted by Crippen LogP contribution is -2.71. The summed E-state index contributed by atoms with van der Waals surface area (Å²) >= 11 is 0. The fourth-order valence-corrected chi connectivity index (χ4v) is 16.8. The van der Waals surface area contributed by atoms with Crippen molar-refractivity contribution in [2.24, 2.45) is 5.92 Å². The molecule has 0 aromatic heterocycles. The first kappa shape index (κ1) is 109. The van der Waals surface area contributed by atoms with Gasteiger partial charge in [-0.15, -0.1) is 0 Å². The molecule has 0 spiro atoms. The summed E-state index contributed by atoms with van der Waals surface area (Å²) in [7, 11) is 0. The zero-order chi connectivity index (χ0) is 92.4. The van der Waals surface area contributed by atoms with Crippen molar-refractivity contribution in [2.75, 3.05) is 46.2 Å². The Labute approximate surface area is 728 Å². The van der Waals surface area contributed by atoms with E-state index in [1.807, 2.05) is 0 Å². The minimum Gasteiger partial charge on any atom is -0.477 e. The number of carboxylic acid groups (broad SMARTS) is 2. The Balaban J connectivity index is 1.31. The van der Waals surface area contributed by atoms with Crippen molar-refractivity contribution < 1.29 is 193 Å². The van der Waals surface area contributed by atoms with Gasteiger partial charge in [-0.25, -0.2) is 9.59 Å². The normalized spacial score (nSPS) is 35.5. The lowest BCUT2D eigenvalue weighted by Gasteiger charge is -2.53. The van der Waals surface area contributed by atoms with Crippen LogP contribution in [0.4, 0.5) is 0 Å². The molecule has 6 heterocycles. The van der Waals surface area contributed by atoms with E-state index >= 15 is 0 Å². The smallest absolute Gasteiger partial charge is 0.364 e. The number of aliphatic hydroxyl groups excluding tert-OH is 19. The van der Waals surface area contributed by atoms with E-state index in [-0.39, 0.29) is 6.42 Å². The van der Waals surface area contributed by atoms with Crippen molar-refractivity contribution >= 4 is 35.4 Å². The van der Waals surface area contributed by atoms with E-state index in [0.29, 0.717) is 12.8 Å². The molecule has 24 N–H and O–H groups in total. The van der Waals surface area contributed by atoms with Crippen LogP contribution in [0.15, 0.2) is 12.2 Å². The zero-order valence-corrected chi connectivity index (χ0v) is 72.3. The van der Waals surface area contributed by atoms with E-state index in [9.17, 15) is 136 Å². The Bertz CT molecular complexity index is 3160. The average Bonchev–Trinajstić information content (AvgIpc) is 0.749. The van der Waals surface area contributed by atoms with Gasteiger partial charge >= 0.3 is 11.9 Å². The highest BCUT2D eigenvalue weighted by Gasteiger charge is 2.64. The molecule has 42 nitrogen and oxygen atoms in total. The van der Waals surface area contributed by atoms with Crippen LogP contribution in [0, 0.1) is 5.92 Å². The summed E-state index contributed by atoms with van der Waals surface area (Å²) in [4.78, 5) is 79.6. The Morgan fingerprint density at radius 1 is 0.440 bits per heavy atom. The maximum atomic E-state index is 14.0. The van der Waals surface area contributed by atoms with Crippen molar-refractivity contribution in [3.05, 3.63) is 12.2 Å². The number of hydrogen-bond acceptors (Lipinski definition) is 37. The number of aliphatic carboxylic acids is 2. The standard InChI is InChI=1S/C83H145N3O39/c1-6-8-10-12-14-16-18-20-22-24-26-28-30-32-49(96)48(86-58(101)33-31-29-27-25-23-21-19-17-15-13-11-9-7-2)43-114-77-66(107)65(106)70(56(41-91)117-77)120-79-68(109)75(125-83(81(112)113)36-51(98)60(85-46(5)95)73(123-83)62(103)53(100)38-88)71(57(42-92)118-79)121-76-47(34-44(3)93)69(63(104)54(39-89)115-76)119-78-67(108)74(64(105)55(40-90)116-78)124-82(80(110)111)35-50(97)59(84-45(4)94)72(122-82)61(102)52(99)37-87/h30,32,47-57,59-79,87-92,96-100,102-109H,6-29,31,33-43H2,1-5H3,(H,84,94)(H,85,95)(H,86,101)(H,110,111)(H,112,113)/t47-,48+,49-,50+,51+,52-,53-,54-,55-,56-,57-,59-,60-,61-,62-,63+,64+,65-,66-,67-,68-,69-,70-,71+,72?,73?,74+,75-,76+,77-,78+,79+,82+,83+/m1/s1. The van der Waals surface area contributed by atoms with E-state index in [1.54, 1.807) is 6.08 Å². The molecular formula is C83H145N3O39. The Morgan fingerprint density at radius 3 is 1.26 bits per heavy atom. The second kappa shape index (κ2) is 55.1. The molecule has 0 radical (unpaired) electrons. The number of ketones is 1. The van der Waals surface area contributed by atoms with Crippen LogP contribution in [-0.4, -0.2) is 390 Å². The first-order valence-electron chi connectivity index (χ1n) is 44.4. The van der Waals surface area contributed by atoms with Crippen LogP contribution in [0.5, 0.6) is 0 Å². The number of nitrogens with one attached hydrogen (secondary N) is 3. The predicted octanol–water partition coefficient (Wildman–Crippen LogP) is -3.56. The molecule has 125 heavy (non-hydrogen) atoms. The third-order valence-electron chi connectivity index (χ3n) is 23.9. The van der Waals surface area contributed by atoms with Crippen LogP contribution < -0.4 is 16.0 Å². The number of hydrogen-bond donors (Lipinski definition) is 24. The zero-order valence-electron chi connectivity index (χ0n) is 72.3. The number of carboxylic acids is 2. The quantitative estimate of drug-likeness (QED) is 0.0207. The Kier molecular flexibility index (Phi) is 48.2. The van der Waals surface area contributed by atoms with Crippen molar-refractivity contribution in [3.63, 3.8) is 0 Å². The Hall–Kier alpha value is -4.48. The fraction of sp³-hybridized carbons (Fsp3) is 0.904. The van der Waals surface area contributed by atoms with Gasteiger partial charge in [0.1, 0.15) is 128 Å². The third kappa shape index (κ3) is 31.6. The topological polar surface area (TPSA) is 674 Å². The van der Waals surface area contributed by atoms with Crippen LogP contribution in [0.2, 0.25) is 0 Å². The first-order chi connectivity index (χ1) is 59.6. The van der Waals surface area contributed by atoms with Crippen LogP contribution in [0.25, 0.3) is 0 Å². The number of Topliss-reactive ketones (excluding diaryl/α,β-unsaturated/α-hetero) is 1. The Morgan fingerprint density at radius 2 is 0.824 bits per heavy atom.